The zero-order chi connectivity index (χ0) is 11.1. The third-order valence-corrected chi connectivity index (χ3v) is 2.30. The monoisotopic (exact) mass is 272 g/mol. The summed E-state index contributed by atoms with van der Waals surface area (Å²) >= 11 is 3.31. The molecule has 5 heteroatoms. The molecule has 0 fully saturated rings. The summed E-state index contributed by atoms with van der Waals surface area (Å²) in [7, 11) is 0. The minimum atomic E-state index is -0.0895. The first-order valence-corrected chi connectivity index (χ1v) is 5.39. The molecular weight excluding hydrogens is 260 g/mol. The average Bonchev–Trinajstić information content (AvgIpc) is 2.24. The number of benzene rings is 1. The molecule has 82 valence electrons. The highest BCUT2D eigenvalue weighted by molar-refractivity contribution is 9.10. The minimum absolute atomic E-state index is 0.0895. The van der Waals surface area contributed by atoms with Crippen molar-refractivity contribution in [2.24, 2.45) is 5.90 Å². The van der Waals surface area contributed by atoms with Gasteiger partial charge in [-0.2, -0.15) is 0 Å². The van der Waals surface area contributed by atoms with Gasteiger partial charge in [0.1, 0.15) is 0 Å². The molecule has 0 aliphatic heterocycles. The Morgan fingerprint density at radius 1 is 1.53 bits per heavy atom. The number of carbonyl (C=O) groups excluding carboxylic acids is 1. The molecule has 0 saturated carbocycles. The van der Waals surface area contributed by atoms with Gasteiger partial charge in [0.25, 0.3) is 5.91 Å². The zero-order valence-electron chi connectivity index (χ0n) is 8.20. The van der Waals surface area contributed by atoms with Crippen LogP contribution in [0.5, 0.6) is 0 Å². The van der Waals surface area contributed by atoms with Gasteiger partial charge in [0.05, 0.1) is 6.61 Å². The van der Waals surface area contributed by atoms with Gasteiger partial charge in [-0.15, -0.1) is 0 Å². The number of halogens is 1. The van der Waals surface area contributed by atoms with Gasteiger partial charge in [-0.25, -0.2) is 5.90 Å². The van der Waals surface area contributed by atoms with Gasteiger partial charge >= 0.3 is 0 Å². The number of carbonyl (C=O) groups is 1. The molecule has 0 bridgehead atoms. The molecule has 0 aliphatic carbocycles. The Balaban J connectivity index is 2.40. The van der Waals surface area contributed by atoms with Gasteiger partial charge in [0.15, 0.2) is 0 Å². The van der Waals surface area contributed by atoms with Gasteiger partial charge < -0.3 is 10.2 Å². The number of hydrogen-bond donors (Lipinski definition) is 2. The van der Waals surface area contributed by atoms with Crippen molar-refractivity contribution in [2.45, 2.75) is 6.42 Å². The second-order valence-corrected chi connectivity index (χ2v) is 3.91. The number of nitrogens with one attached hydrogen (secondary N) is 1. The van der Waals surface area contributed by atoms with Crippen LogP contribution in [0.1, 0.15) is 16.8 Å². The molecule has 3 N–H and O–H groups in total. The van der Waals surface area contributed by atoms with Crippen LogP contribution >= 0.6 is 15.9 Å². The number of nitrogens with two attached hydrogens (primary N) is 1. The van der Waals surface area contributed by atoms with E-state index in [1.165, 1.54) is 0 Å². The van der Waals surface area contributed by atoms with Crippen molar-refractivity contribution in [3.05, 3.63) is 34.3 Å². The predicted molar refractivity (Wildman–Crippen MR) is 61.2 cm³/mol. The maximum atomic E-state index is 11.6. The molecule has 1 amide bonds. The molecule has 0 saturated heterocycles. The molecule has 0 unspecified atom stereocenters. The highest BCUT2D eigenvalue weighted by atomic mass is 79.9. The average molecular weight is 273 g/mol. The van der Waals surface area contributed by atoms with Crippen molar-refractivity contribution in [2.75, 3.05) is 13.2 Å². The smallest absolute Gasteiger partial charge is 0.251 e. The lowest BCUT2D eigenvalue weighted by Gasteiger charge is -2.04. The van der Waals surface area contributed by atoms with Crippen molar-refractivity contribution in [1.82, 2.24) is 5.32 Å². The van der Waals surface area contributed by atoms with Crippen molar-refractivity contribution in [3.63, 3.8) is 0 Å². The van der Waals surface area contributed by atoms with E-state index in [2.05, 4.69) is 26.1 Å². The molecule has 1 aromatic rings. The van der Waals surface area contributed by atoms with Crippen molar-refractivity contribution in [1.29, 1.82) is 0 Å². The van der Waals surface area contributed by atoms with Gasteiger partial charge in [0, 0.05) is 16.6 Å². The predicted octanol–water partition coefficient (Wildman–Crippen LogP) is 1.46. The lowest BCUT2D eigenvalue weighted by molar-refractivity contribution is 0.0941. The fraction of sp³-hybridized carbons (Fsp3) is 0.300. The quantitative estimate of drug-likeness (QED) is 0.630. The lowest BCUT2D eigenvalue weighted by atomic mass is 10.2. The molecule has 0 radical (unpaired) electrons. The first-order valence-electron chi connectivity index (χ1n) is 4.59. The fourth-order valence-corrected chi connectivity index (χ4v) is 1.49. The Morgan fingerprint density at radius 3 is 3.00 bits per heavy atom. The van der Waals surface area contributed by atoms with Crippen LogP contribution in [0.25, 0.3) is 0 Å². The number of hydrogen-bond acceptors (Lipinski definition) is 3. The van der Waals surface area contributed by atoms with E-state index in [4.69, 9.17) is 5.90 Å². The summed E-state index contributed by atoms with van der Waals surface area (Å²) in [5, 5.41) is 2.77. The first-order chi connectivity index (χ1) is 7.24. The van der Waals surface area contributed by atoms with Gasteiger partial charge in [-0.05, 0) is 24.6 Å². The Bertz CT molecular complexity index is 331. The van der Waals surface area contributed by atoms with E-state index in [1.54, 1.807) is 12.1 Å². The van der Waals surface area contributed by atoms with Crippen LogP contribution in [0.4, 0.5) is 0 Å². The highest BCUT2D eigenvalue weighted by Gasteiger charge is 2.03. The van der Waals surface area contributed by atoms with E-state index in [9.17, 15) is 4.79 Å². The summed E-state index contributed by atoms with van der Waals surface area (Å²) in [5.41, 5.74) is 0.637. The lowest BCUT2D eigenvalue weighted by Crippen LogP contribution is -2.25. The van der Waals surface area contributed by atoms with Crippen LogP contribution in [-0.2, 0) is 4.84 Å². The Morgan fingerprint density at radius 2 is 2.33 bits per heavy atom. The molecule has 1 aromatic carbocycles. The molecule has 15 heavy (non-hydrogen) atoms. The molecular formula is C10H13BrN2O2. The van der Waals surface area contributed by atoms with E-state index in [0.29, 0.717) is 25.1 Å². The van der Waals surface area contributed by atoms with Gasteiger partial charge in [-0.3, -0.25) is 4.79 Å². The van der Waals surface area contributed by atoms with Crippen molar-refractivity contribution < 1.29 is 9.63 Å². The van der Waals surface area contributed by atoms with Crippen LogP contribution in [0.3, 0.4) is 0 Å². The normalized spacial score (nSPS) is 10.0. The standard InChI is InChI=1S/C10H13BrN2O2/c11-9-4-1-3-8(7-9)10(14)13-5-2-6-15-12/h1,3-4,7H,2,5-6,12H2,(H,13,14). The van der Waals surface area contributed by atoms with Crippen LogP contribution in [0, 0.1) is 0 Å². The molecule has 0 aromatic heterocycles. The summed E-state index contributed by atoms with van der Waals surface area (Å²) < 4.78 is 0.889. The van der Waals surface area contributed by atoms with E-state index in [1.807, 2.05) is 12.1 Å². The summed E-state index contributed by atoms with van der Waals surface area (Å²) in [4.78, 5) is 15.9. The summed E-state index contributed by atoms with van der Waals surface area (Å²) in [6.07, 6.45) is 0.705. The van der Waals surface area contributed by atoms with E-state index < -0.39 is 0 Å². The Hall–Kier alpha value is -0.910. The Labute approximate surface area is 96.9 Å². The van der Waals surface area contributed by atoms with Crippen LogP contribution < -0.4 is 11.2 Å². The van der Waals surface area contributed by atoms with E-state index in [0.717, 1.165) is 4.47 Å². The SMILES string of the molecule is NOCCCNC(=O)c1cccc(Br)c1. The molecule has 0 spiro atoms. The summed E-state index contributed by atoms with van der Waals surface area (Å²) in [6.45, 7) is 1.00. The maximum Gasteiger partial charge on any atom is 0.251 e. The van der Waals surface area contributed by atoms with Crippen molar-refractivity contribution >= 4 is 21.8 Å². The number of rotatable bonds is 5. The van der Waals surface area contributed by atoms with Crippen molar-refractivity contribution in [3.8, 4) is 0 Å². The fourth-order valence-electron chi connectivity index (χ4n) is 1.09. The highest BCUT2D eigenvalue weighted by Crippen LogP contribution is 2.11. The second kappa shape index (κ2) is 6.55. The molecule has 0 heterocycles. The molecule has 4 nitrogen and oxygen atoms in total. The molecule has 0 aliphatic rings. The topological polar surface area (TPSA) is 64.3 Å². The number of amides is 1. The van der Waals surface area contributed by atoms with E-state index >= 15 is 0 Å². The molecule has 0 atom stereocenters. The summed E-state index contributed by atoms with van der Waals surface area (Å²) in [5.74, 6) is 4.77. The summed E-state index contributed by atoms with van der Waals surface area (Å²) in [6, 6.07) is 7.23. The minimum Gasteiger partial charge on any atom is -0.352 e. The van der Waals surface area contributed by atoms with E-state index in [-0.39, 0.29) is 5.91 Å². The van der Waals surface area contributed by atoms with Gasteiger partial charge in [-0.1, -0.05) is 22.0 Å². The third-order valence-electron chi connectivity index (χ3n) is 1.81. The zero-order valence-corrected chi connectivity index (χ0v) is 9.79. The third kappa shape index (κ3) is 4.42. The van der Waals surface area contributed by atoms with Crippen LogP contribution in [0.15, 0.2) is 28.7 Å². The largest absolute Gasteiger partial charge is 0.352 e. The maximum absolute atomic E-state index is 11.6. The van der Waals surface area contributed by atoms with Crippen LogP contribution in [-0.4, -0.2) is 19.1 Å². The second-order valence-electron chi connectivity index (χ2n) is 2.99. The van der Waals surface area contributed by atoms with Gasteiger partial charge in [0.2, 0.25) is 0 Å². The molecule has 1 rings (SSSR count). The first kappa shape index (κ1) is 12.2. The Kier molecular flexibility index (Phi) is 5.31. The van der Waals surface area contributed by atoms with Crippen LogP contribution in [0.2, 0.25) is 0 Å².